The highest BCUT2D eigenvalue weighted by molar-refractivity contribution is 6.30. The molecule has 0 aromatic heterocycles. The molecule has 2 unspecified atom stereocenters. The van der Waals surface area contributed by atoms with Crippen LogP contribution < -0.4 is 16.0 Å². The number of hydrogen-bond acceptors (Lipinski definition) is 4. The molecule has 3 aliphatic rings. The number of fused-ring (bicyclic) bond motifs is 1. The number of amides is 1. The predicted molar refractivity (Wildman–Crippen MR) is 129 cm³/mol. The fourth-order valence-electron chi connectivity index (χ4n) is 4.27. The third kappa shape index (κ3) is 5.96. The normalized spacial score (nSPS) is 21.4. The molecule has 0 saturated heterocycles. The molecule has 2 atom stereocenters. The van der Waals surface area contributed by atoms with E-state index >= 15 is 0 Å². The van der Waals surface area contributed by atoms with Crippen LogP contribution in [0.2, 0.25) is 5.02 Å². The van der Waals surface area contributed by atoms with Crippen molar-refractivity contribution < 1.29 is 14.7 Å². The van der Waals surface area contributed by atoms with Crippen LogP contribution in [-0.2, 0) is 16.1 Å². The van der Waals surface area contributed by atoms with Crippen molar-refractivity contribution in [2.45, 2.75) is 38.6 Å². The van der Waals surface area contributed by atoms with E-state index in [9.17, 15) is 9.59 Å². The topological polar surface area (TPSA) is 90.5 Å². The molecule has 0 fully saturated rings. The average Bonchev–Trinajstić information content (AvgIpc) is 2.82. The fourth-order valence-corrected chi connectivity index (χ4v) is 4.48. The Morgan fingerprint density at radius 1 is 1.15 bits per heavy atom. The molecule has 6 nitrogen and oxygen atoms in total. The van der Waals surface area contributed by atoms with Crippen LogP contribution in [0.25, 0.3) is 0 Å². The summed E-state index contributed by atoms with van der Waals surface area (Å²) in [5.74, 6) is -0.905. The van der Waals surface area contributed by atoms with Crippen LogP contribution in [-0.4, -0.2) is 17.0 Å². The second-order valence-electron chi connectivity index (χ2n) is 8.43. The van der Waals surface area contributed by atoms with E-state index in [1.807, 2.05) is 42.5 Å². The van der Waals surface area contributed by atoms with Crippen LogP contribution in [0.3, 0.4) is 0 Å². The van der Waals surface area contributed by atoms with Gasteiger partial charge in [0.05, 0.1) is 17.3 Å². The number of aliphatic carboxylic acids is 1. The van der Waals surface area contributed by atoms with Gasteiger partial charge in [0.25, 0.3) is 0 Å². The Bertz CT molecular complexity index is 1080. The highest BCUT2D eigenvalue weighted by Crippen LogP contribution is 2.32. The van der Waals surface area contributed by atoms with Gasteiger partial charge in [-0.25, -0.2) is 0 Å². The molecule has 33 heavy (non-hydrogen) atoms. The lowest BCUT2D eigenvalue weighted by molar-refractivity contribution is -0.137. The standard InChI is InChI=1S/C26H28ClN3O3/c27-20-9-4-6-17(14-20)16-28-26(33)19-12-13-21-23(15-19)29-22(10-5-11-24(31)32)25(30-21)18-7-2-1-3-8-18/h1-4,6-7,9,13-15,18-19,29-30H,5,8,10-12,16H2,(H,28,33)(H,31,32). The molecule has 2 aliphatic carbocycles. The summed E-state index contributed by atoms with van der Waals surface area (Å²) in [6, 6.07) is 7.45. The second-order valence-corrected chi connectivity index (χ2v) is 8.87. The number of carboxylic acids is 1. The van der Waals surface area contributed by atoms with Crippen LogP contribution in [0.15, 0.2) is 83.5 Å². The van der Waals surface area contributed by atoms with E-state index in [2.05, 4.69) is 34.2 Å². The largest absolute Gasteiger partial charge is 0.481 e. The molecule has 0 radical (unpaired) electrons. The second kappa shape index (κ2) is 10.6. The maximum Gasteiger partial charge on any atom is 0.303 e. The molecule has 0 saturated carbocycles. The van der Waals surface area contributed by atoms with Crippen molar-refractivity contribution in [2.75, 3.05) is 0 Å². The first-order valence-electron chi connectivity index (χ1n) is 11.3. The Labute approximate surface area is 198 Å². The zero-order valence-electron chi connectivity index (χ0n) is 18.3. The highest BCUT2D eigenvalue weighted by Gasteiger charge is 2.28. The zero-order valence-corrected chi connectivity index (χ0v) is 19.1. The summed E-state index contributed by atoms with van der Waals surface area (Å²) in [4.78, 5) is 23.8. The van der Waals surface area contributed by atoms with E-state index in [0.29, 0.717) is 30.8 Å². The van der Waals surface area contributed by atoms with Gasteiger partial charge in [-0.1, -0.05) is 54.1 Å². The van der Waals surface area contributed by atoms with Gasteiger partial charge in [0.1, 0.15) is 0 Å². The van der Waals surface area contributed by atoms with Gasteiger partial charge in [-0.2, -0.15) is 0 Å². The lowest BCUT2D eigenvalue weighted by Crippen LogP contribution is -2.38. The Balaban J connectivity index is 1.46. The predicted octanol–water partition coefficient (Wildman–Crippen LogP) is 4.54. The first-order chi connectivity index (χ1) is 16.0. The number of halogens is 1. The van der Waals surface area contributed by atoms with E-state index in [1.165, 1.54) is 0 Å². The lowest BCUT2D eigenvalue weighted by Gasteiger charge is -2.34. The summed E-state index contributed by atoms with van der Waals surface area (Å²) < 4.78 is 0. The Morgan fingerprint density at radius 2 is 2.03 bits per heavy atom. The van der Waals surface area contributed by atoms with Crippen molar-refractivity contribution >= 4 is 23.5 Å². The Hall–Kier alpha value is -3.25. The number of allylic oxidation sites excluding steroid dienone is 6. The molecule has 1 heterocycles. The molecule has 4 rings (SSSR count). The zero-order chi connectivity index (χ0) is 23.2. The van der Waals surface area contributed by atoms with Crippen LogP contribution in [0.5, 0.6) is 0 Å². The number of carbonyl (C=O) groups excluding carboxylic acids is 1. The van der Waals surface area contributed by atoms with Gasteiger partial charge in [0.15, 0.2) is 0 Å². The summed E-state index contributed by atoms with van der Waals surface area (Å²) in [5, 5.41) is 19.8. The molecule has 7 heteroatoms. The minimum Gasteiger partial charge on any atom is -0.481 e. The minimum atomic E-state index is -0.796. The van der Waals surface area contributed by atoms with E-state index < -0.39 is 5.97 Å². The van der Waals surface area contributed by atoms with Crippen molar-refractivity contribution in [1.82, 2.24) is 16.0 Å². The number of rotatable bonds is 8. The number of carboxylic acid groups (broad SMARTS) is 1. The number of hydrogen-bond donors (Lipinski definition) is 4. The molecule has 1 aliphatic heterocycles. The van der Waals surface area contributed by atoms with Gasteiger partial charge < -0.3 is 21.1 Å². The van der Waals surface area contributed by atoms with Gasteiger partial charge in [0, 0.05) is 35.3 Å². The van der Waals surface area contributed by atoms with Crippen LogP contribution in [0.1, 0.15) is 37.7 Å². The summed E-state index contributed by atoms with van der Waals surface area (Å²) in [6.45, 7) is 0.424. The molecule has 0 bridgehead atoms. The van der Waals surface area contributed by atoms with E-state index in [4.69, 9.17) is 16.7 Å². The summed E-state index contributed by atoms with van der Waals surface area (Å²) in [6.07, 6.45) is 15.2. The van der Waals surface area contributed by atoms with Gasteiger partial charge in [-0.15, -0.1) is 0 Å². The number of nitrogens with one attached hydrogen (secondary N) is 3. The number of benzene rings is 1. The molecule has 1 aromatic carbocycles. The molecule has 172 valence electrons. The van der Waals surface area contributed by atoms with E-state index in [0.717, 1.165) is 34.8 Å². The van der Waals surface area contributed by atoms with Gasteiger partial charge >= 0.3 is 5.97 Å². The minimum absolute atomic E-state index is 0.0397. The third-order valence-electron chi connectivity index (χ3n) is 5.98. The molecular formula is C26H28ClN3O3. The molecular weight excluding hydrogens is 438 g/mol. The molecule has 1 aromatic rings. The van der Waals surface area contributed by atoms with Crippen molar-refractivity contribution in [2.24, 2.45) is 11.8 Å². The van der Waals surface area contributed by atoms with E-state index in [-0.39, 0.29) is 24.2 Å². The van der Waals surface area contributed by atoms with Gasteiger partial charge in [-0.05, 0) is 49.5 Å². The molecule has 4 N–H and O–H groups in total. The summed E-state index contributed by atoms with van der Waals surface area (Å²) in [7, 11) is 0. The highest BCUT2D eigenvalue weighted by atomic mass is 35.5. The third-order valence-corrected chi connectivity index (χ3v) is 6.21. The fraction of sp³-hybridized carbons (Fsp3) is 0.308. The maximum absolute atomic E-state index is 12.8. The van der Waals surface area contributed by atoms with Crippen molar-refractivity contribution in [3.8, 4) is 0 Å². The quantitative estimate of drug-likeness (QED) is 0.452. The first kappa shape index (κ1) is 22.9. The van der Waals surface area contributed by atoms with Gasteiger partial charge in [-0.3, -0.25) is 9.59 Å². The van der Waals surface area contributed by atoms with Crippen molar-refractivity contribution in [3.63, 3.8) is 0 Å². The van der Waals surface area contributed by atoms with Gasteiger partial charge in [0.2, 0.25) is 5.91 Å². The first-order valence-corrected chi connectivity index (χ1v) is 11.6. The van der Waals surface area contributed by atoms with Crippen LogP contribution in [0.4, 0.5) is 0 Å². The molecule has 0 spiro atoms. The maximum atomic E-state index is 12.8. The molecule has 1 amide bonds. The Morgan fingerprint density at radius 3 is 2.79 bits per heavy atom. The average molecular weight is 466 g/mol. The van der Waals surface area contributed by atoms with Crippen LogP contribution >= 0.6 is 11.6 Å². The van der Waals surface area contributed by atoms with Crippen LogP contribution in [0, 0.1) is 11.8 Å². The van der Waals surface area contributed by atoms with E-state index in [1.54, 1.807) is 0 Å². The summed E-state index contributed by atoms with van der Waals surface area (Å²) in [5.41, 5.74) is 4.86. The lowest BCUT2D eigenvalue weighted by atomic mass is 9.90. The monoisotopic (exact) mass is 465 g/mol. The van der Waals surface area contributed by atoms with Crippen molar-refractivity contribution in [3.05, 3.63) is 94.1 Å². The smallest absolute Gasteiger partial charge is 0.303 e. The number of carbonyl (C=O) groups is 2. The van der Waals surface area contributed by atoms with Crippen molar-refractivity contribution in [1.29, 1.82) is 0 Å². The summed E-state index contributed by atoms with van der Waals surface area (Å²) >= 11 is 6.03. The Kier molecular flexibility index (Phi) is 7.35. The SMILES string of the molecule is O=C(O)CCCC1=C(C2C=CC=CC2)NC2=CCC(C(=O)NCc3cccc(Cl)c3)C=C2N1.